The molecule has 1 fully saturated rings. The van der Waals surface area contributed by atoms with Crippen LogP contribution in [-0.2, 0) is 4.79 Å². The zero-order valence-corrected chi connectivity index (χ0v) is 11.0. The Labute approximate surface area is 99.6 Å². The molecule has 1 atom stereocenters. The smallest absolute Gasteiger partial charge is 0.222 e. The van der Waals surface area contributed by atoms with Gasteiger partial charge in [-0.05, 0) is 44.2 Å². The molecule has 3 nitrogen and oxygen atoms in total. The van der Waals surface area contributed by atoms with E-state index in [-0.39, 0.29) is 0 Å². The molecule has 0 bridgehead atoms. The quantitative estimate of drug-likeness (QED) is 0.776. The highest BCUT2D eigenvalue weighted by molar-refractivity contribution is 5.75. The molecule has 3 heteroatoms. The lowest BCUT2D eigenvalue weighted by Crippen LogP contribution is -2.39. The summed E-state index contributed by atoms with van der Waals surface area (Å²) in [5.74, 6) is 1.58. The monoisotopic (exact) mass is 226 g/mol. The van der Waals surface area contributed by atoms with Crippen LogP contribution in [0.3, 0.4) is 0 Å². The van der Waals surface area contributed by atoms with Crippen molar-refractivity contribution in [2.45, 2.75) is 39.5 Å². The number of piperidine rings is 1. The highest BCUT2D eigenvalue weighted by atomic mass is 16.2. The lowest BCUT2D eigenvalue weighted by atomic mass is 9.99. The lowest BCUT2D eigenvalue weighted by molar-refractivity contribution is -0.130. The van der Waals surface area contributed by atoms with Crippen molar-refractivity contribution in [3.63, 3.8) is 0 Å². The second-order valence-electron chi connectivity index (χ2n) is 5.42. The van der Waals surface area contributed by atoms with E-state index in [2.05, 4.69) is 19.2 Å². The van der Waals surface area contributed by atoms with E-state index >= 15 is 0 Å². The third-order valence-corrected chi connectivity index (χ3v) is 3.29. The van der Waals surface area contributed by atoms with Gasteiger partial charge in [0.1, 0.15) is 0 Å². The molecule has 0 aromatic carbocycles. The van der Waals surface area contributed by atoms with E-state index in [1.807, 2.05) is 11.9 Å². The van der Waals surface area contributed by atoms with Crippen molar-refractivity contribution in [1.29, 1.82) is 0 Å². The van der Waals surface area contributed by atoms with Crippen LogP contribution in [0.15, 0.2) is 0 Å². The molecule has 1 aliphatic rings. The van der Waals surface area contributed by atoms with Crippen molar-refractivity contribution in [1.82, 2.24) is 10.2 Å². The molecule has 1 unspecified atom stereocenters. The van der Waals surface area contributed by atoms with E-state index in [1.54, 1.807) is 0 Å². The number of hydrogen-bond donors (Lipinski definition) is 1. The van der Waals surface area contributed by atoms with Gasteiger partial charge in [-0.3, -0.25) is 4.79 Å². The Hall–Kier alpha value is -0.570. The van der Waals surface area contributed by atoms with E-state index in [4.69, 9.17) is 0 Å². The maximum atomic E-state index is 11.8. The third-order valence-electron chi connectivity index (χ3n) is 3.29. The van der Waals surface area contributed by atoms with Crippen molar-refractivity contribution in [2.75, 3.05) is 26.7 Å². The molecule has 1 aliphatic heterocycles. The summed E-state index contributed by atoms with van der Waals surface area (Å²) >= 11 is 0. The number of hydrogen-bond acceptors (Lipinski definition) is 2. The average molecular weight is 226 g/mol. The standard InChI is InChI=1S/C13H26N2O/c1-11(2)6-7-13(16)15(3)10-12-5-4-8-14-9-12/h11-12,14H,4-10H2,1-3H3. The maximum Gasteiger partial charge on any atom is 0.222 e. The van der Waals surface area contributed by atoms with Crippen LogP contribution in [0.1, 0.15) is 39.5 Å². The zero-order valence-electron chi connectivity index (χ0n) is 11.0. The molecule has 1 amide bonds. The summed E-state index contributed by atoms with van der Waals surface area (Å²) < 4.78 is 0. The molecule has 0 radical (unpaired) electrons. The predicted octanol–water partition coefficient (Wildman–Crippen LogP) is 1.88. The molecule has 1 saturated heterocycles. The molecular formula is C13H26N2O. The SMILES string of the molecule is CC(C)CCC(=O)N(C)CC1CCCNC1. The summed E-state index contributed by atoms with van der Waals surface area (Å²) in [5.41, 5.74) is 0. The molecular weight excluding hydrogens is 200 g/mol. The van der Waals surface area contributed by atoms with Gasteiger partial charge in [0.25, 0.3) is 0 Å². The Kier molecular flexibility index (Phi) is 5.81. The normalized spacial score (nSPS) is 21.1. The Balaban J connectivity index is 2.21. The van der Waals surface area contributed by atoms with Crippen LogP contribution in [0.4, 0.5) is 0 Å². The van der Waals surface area contributed by atoms with Crippen LogP contribution < -0.4 is 5.32 Å². The molecule has 16 heavy (non-hydrogen) atoms. The molecule has 0 aromatic rings. The van der Waals surface area contributed by atoms with Crippen LogP contribution in [0.5, 0.6) is 0 Å². The van der Waals surface area contributed by atoms with E-state index in [0.29, 0.717) is 24.2 Å². The van der Waals surface area contributed by atoms with Crippen LogP contribution in [-0.4, -0.2) is 37.5 Å². The van der Waals surface area contributed by atoms with Crippen molar-refractivity contribution in [2.24, 2.45) is 11.8 Å². The van der Waals surface area contributed by atoms with E-state index in [0.717, 1.165) is 26.1 Å². The molecule has 1 rings (SSSR count). The minimum absolute atomic E-state index is 0.305. The highest BCUT2D eigenvalue weighted by Crippen LogP contribution is 2.12. The molecule has 94 valence electrons. The number of carbonyl (C=O) groups excluding carboxylic acids is 1. The summed E-state index contributed by atoms with van der Waals surface area (Å²) in [6, 6.07) is 0. The average Bonchev–Trinajstić information content (AvgIpc) is 2.27. The van der Waals surface area contributed by atoms with Crippen molar-refractivity contribution >= 4 is 5.91 Å². The van der Waals surface area contributed by atoms with Gasteiger partial charge in [-0.15, -0.1) is 0 Å². The predicted molar refractivity (Wildman–Crippen MR) is 67.3 cm³/mol. The van der Waals surface area contributed by atoms with Crippen molar-refractivity contribution in [3.8, 4) is 0 Å². The Morgan fingerprint density at radius 3 is 2.81 bits per heavy atom. The highest BCUT2D eigenvalue weighted by Gasteiger charge is 2.17. The third kappa shape index (κ3) is 4.97. The fraction of sp³-hybridized carbons (Fsp3) is 0.923. The van der Waals surface area contributed by atoms with E-state index in [1.165, 1.54) is 12.8 Å². The van der Waals surface area contributed by atoms with Crippen LogP contribution >= 0.6 is 0 Å². The molecule has 0 spiro atoms. The summed E-state index contributed by atoms with van der Waals surface area (Å²) in [4.78, 5) is 13.7. The summed E-state index contributed by atoms with van der Waals surface area (Å²) in [7, 11) is 1.94. The Morgan fingerprint density at radius 1 is 1.50 bits per heavy atom. The van der Waals surface area contributed by atoms with Gasteiger partial charge in [0.15, 0.2) is 0 Å². The van der Waals surface area contributed by atoms with E-state index < -0.39 is 0 Å². The molecule has 1 heterocycles. The van der Waals surface area contributed by atoms with Gasteiger partial charge in [-0.25, -0.2) is 0 Å². The minimum atomic E-state index is 0.305. The molecule has 0 aliphatic carbocycles. The number of nitrogens with one attached hydrogen (secondary N) is 1. The Morgan fingerprint density at radius 2 is 2.25 bits per heavy atom. The van der Waals surface area contributed by atoms with Crippen LogP contribution in [0.25, 0.3) is 0 Å². The fourth-order valence-electron chi connectivity index (χ4n) is 2.17. The van der Waals surface area contributed by atoms with Crippen molar-refractivity contribution in [3.05, 3.63) is 0 Å². The first-order valence-electron chi connectivity index (χ1n) is 6.54. The molecule has 0 aromatic heterocycles. The van der Waals surface area contributed by atoms with E-state index in [9.17, 15) is 4.79 Å². The topological polar surface area (TPSA) is 32.3 Å². The largest absolute Gasteiger partial charge is 0.345 e. The zero-order chi connectivity index (χ0) is 12.0. The first-order chi connectivity index (χ1) is 7.59. The maximum absolute atomic E-state index is 11.8. The second-order valence-corrected chi connectivity index (χ2v) is 5.42. The number of amides is 1. The number of rotatable bonds is 5. The first kappa shape index (κ1) is 13.5. The minimum Gasteiger partial charge on any atom is -0.345 e. The van der Waals surface area contributed by atoms with Gasteiger partial charge in [0.2, 0.25) is 5.91 Å². The molecule has 0 saturated carbocycles. The summed E-state index contributed by atoms with van der Waals surface area (Å²) in [6.07, 6.45) is 4.22. The number of nitrogens with zero attached hydrogens (tertiary/aromatic N) is 1. The van der Waals surface area contributed by atoms with Gasteiger partial charge < -0.3 is 10.2 Å². The van der Waals surface area contributed by atoms with Gasteiger partial charge in [-0.1, -0.05) is 13.8 Å². The fourth-order valence-corrected chi connectivity index (χ4v) is 2.17. The number of carbonyl (C=O) groups is 1. The van der Waals surface area contributed by atoms with Crippen molar-refractivity contribution < 1.29 is 4.79 Å². The van der Waals surface area contributed by atoms with Crippen LogP contribution in [0.2, 0.25) is 0 Å². The van der Waals surface area contributed by atoms with Gasteiger partial charge in [0, 0.05) is 20.0 Å². The summed E-state index contributed by atoms with van der Waals surface area (Å²) in [6.45, 7) is 7.46. The molecule has 1 N–H and O–H groups in total. The van der Waals surface area contributed by atoms with Crippen LogP contribution in [0, 0.1) is 11.8 Å². The first-order valence-corrected chi connectivity index (χ1v) is 6.54. The van der Waals surface area contributed by atoms with Gasteiger partial charge >= 0.3 is 0 Å². The lowest BCUT2D eigenvalue weighted by Gasteiger charge is -2.27. The summed E-state index contributed by atoms with van der Waals surface area (Å²) in [5, 5.41) is 3.39. The Bertz CT molecular complexity index is 210. The second kappa shape index (κ2) is 6.89. The van der Waals surface area contributed by atoms with Gasteiger partial charge in [-0.2, -0.15) is 0 Å². The van der Waals surface area contributed by atoms with Gasteiger partial charge in [0.05, 0.1) is 0 Å².